The Morgan fingerprint density at radius 2 is 1.41 bits per heavy atom. The molecular formula is C28H39N. The predicted molar refractivity (Wildman–Crippen MR) is 134 cm³/mol. The summed E-state index contributed by atoms with van der Waals surface area (Å²) in [4.78, 5) is 4.26. The second-order valence-corrected chi connectivity index (χ2v) is 8.07. The second kappa shape index (κ2) is 14.3. The molecule has 0 bridgehead atoms. The van der Waals surface area contributed by atoms with Gasteiger partial charge in [-0.05, 0) is 68.4 Å². The van der Waals surface area contributed by atoms with Crippen LogP contribution in [-0.4, -0.2) is 6.21 Å². The second-order valence-electron chi connectivity index (χ2n) is 8.07. The number of hydrogen-bond donors (Lipinski definition) is 0. The summed E-state index contributed by atoms with van der Waals surface area (Å²) >= 11 is 0. The lowest BCUT2D eigenvalue weighted by Crippen LogP contribution is -2.10. The summed E-state index contributed by atoms with van der Waals surface area (Å²) in [5.41, 5.74) is 5.81. The van der Waals surface area contributed by atoms with E-state index in [1.807, 2.05) is 24.3 Å². The molecule has 0 heterocycles. The summed E-state index contributed by atoms with van der Waals surface area (Å²) in [6, 6.07) is 0. The van der Waals surface area contributed by atoms with Gasteiger partial charge in [-0.15, -0.1) is 0 Å². The third kappa shape index (κ3) is 14.0. The van der Waals surface area contributed by atoms with Crippen LogP contribution in [0.4, 0.5) is 0 Å². The molecular weight excluding hydrogens is 350 g/mol. The highest BCUT2D eigenvalue weighted by Gasteiger charge is 2.16. The van der Waals surface area contributed by atoms with Gasteiger partial charge in [0.15, 0.2) is 0 Å². The molecule has 0 unspecified atom stereocenters. The molecule has 0 aliphatic heterocycles. The zero-order valence-electron chi connectivity index (χ0n) is 19.5. The lowest BCUT2D eigenvalue weighted by molar-refractivity contribution is 0.441. The van der Waals surface area contributed by atoms with Crippen molar-refractivity contribution in [1.29, 1.82) is 0 Å². The third-order valence-corrected chi connectivity index (χ3v) is 4.56. The number of nitrogens with zero attached hydrogens (tertiary/aromatic N) is 1. The van der Waals surface area contributed by atoms with E-state index < -0.39 is 0 Å². The molecule has 0 aliphatic rings. The van der Waals surface area contributed by atoms with Crippen molar-refractivity contribution in [2.45, 2.75) is 54.9 Å². The van der Waals surface area contributed by atoms with Gasteiger partial charge in [-0.3, -0.25) is 4.99 Å². The lowest BCUT2D eigenvalue weighted by Gasteiger charge is -2.23. The summed E-state index contributed by atoms with van der Waals surface area (Å²) in [5.74, 6) is 0. The summed E-state index contributed by atoms with van der Waals surface area (Å²) < 4.78 is 0. The van der Waals surface area contributed by atoms with E-state index in [0.717, 1.165) is 23.1 Å². The fourth-order valence-corrected chi connectivity index (χ4v) is 1.92. The Hall–Kier alpha value is -2.67. The molecule has 0 saturated heterocycles. The monoisotopic (exact) mass is 389 g/mol. The average molecular weight is 390 g/mol. The first-order chi connectivity index (χ1) is 13.6. The Morgan fingerprint density at radius 3 is 2.03 bits per heavy atom. The molecule has 1 heteroatoms. The van der Waals surface area contributed by atoms with Crippen LogP contribution in [0.5, 0.6) is 0 Å². The van der Waals surface area contributed by atoms with Gasteiger partial charge in [-0.2, -0.15) is 0 Å². The van der Waals surface area contributed by atoms with E-state index in [1.54, 1.807) is 12.4 Å². The molecule has 0 atom stereocenters. The fourth-order valence-electron chi connectivity index (χ4n) is 1.92. The van der Waals surface area contributed by atoms with Gasteiger partial charge in [0.1, 0.15) is 0 Å². The van der Waals surface area contributed by atoms with Crippen molar-refractivity contribution in [2.75, 3.05) is 0 Å². The molecule has 0 aromatic carbocycles. The Balaban J connectivity index is 4.64. The number of hydrogen-bond acceptors (Lipinski definition) is 1. The van der Waals surface area contributed by atoms with Crippen molar-refractivity contribution >= 4 is 6.21 Å². The Morgan fingerprint density at radius 1 is 0.793 bits per heavy atom. The summed E-state index contributed by atoms with van der Waals surface area (Å²) in [6.45, 7) is 23.1. The van der Waals surface area contributed by atoms with E-state index in [9.17, 15) is 0 Å². The van der Waals surface area contributed by atoms with Crippen molar-refractivity contribution in [3.63, 3.8) is 0 Å². The summed E-state index contributed by atoms with van der Waals surface area (Å²) in [6.07, 6.45) is 25.0. The Bertz CT molecular complexity index is 780. The lowest BCUT2D eigenvalue weighted by atomic mass is 9.82. The molecule has 0 saturated carbocycles. The first-order valence-electron chi connectivity index (χ1n) is 10.2. The maximum atomic E-state index is 4.26. The van der Waals surface area contributed by atoms with Crippen LogP contribution in [0.15, 0.2) is 113 Å². The molecule has 0 spiro atoms. The largest absolute Gasteiger partial charge is 0.265 e. The molecule has 0 aromatic rings. The molecule has 0 rings (SSSR count). The van der Waals surface area contributed by atoms with Crippen molar-refractivity contribution in [1.82, 2.24) is 0 Å². The average Bonchev–Trinajstić information content (AvgIpc) is 2.65. The SMILES string of the molecule is C=C(\C=C/N=C/C=C(C)/C=C/C=C(C)/C=C/C(=C)C(C)(C)CC)/C=C/C=C(C)C. The van der Waals surface area contributed by atoms with E-state index in [2.05, 4.69) is 103 Å². The third-order valence-electron chi connectivity index (χ3n) is 4.56. The number of aliphatic imine (C=N–C) groups is 1. The van der Waals surface area contributed by atoms with Crippen molar-refractivity contribution in [3.8, 4) is 0 Å². The molecule has 0 fully saturated rings. The van der Waals surface area contributed by atoms with E-state index in [0.29, 0.717) is 0 Å². The van der Waals surface area contributed by atoms with Crippen LogP contribution in [0.1, 0.15) is 54.9 Å². The van der Waals surface area contributed by atoms with Gasteiger partial charge >= 0.3 is 0 Å². The quantitative estimate of drug-likeness (QED) is 0.248. The fraction of sp³-hybridized carbons (Fsp3) is 0.321. The molecule has 1 nitrogen and oxygen atoms in total. The van der Waals surface area contributed by atoms with E-state index in [1.165, 1.54) is 11.1 Å². The normalized spacial score (nSPS) is 14.2. The maximum absolute atomic E-state index is 4.26. The van der Waals surface area contributed by atoms with Crippen LogP contribution in [0.3, 0.4) is 0 Å². The van der Waals surface area contributed by atoms with Gasteiger partial charge in [0, 0.05) is 12.4 Å². The maximum Gasteiger partial charge on any atom is 0.0273 e. The highest BCUT2D eigenvalue weighted by Crippen LogP contribution is 2.29. The first kappa shape index (κ1) is 26.3. The number of allylic oxidation sites excluding steroid dienone is 15. The van der Waals surface area contributed by atoms with Crippen molar-refractivity contribution in [3.05, 3.63) is 108 Å². The topological polar surface area (TPSA) is 12.4 Å². The van der Waals surface area contributed by atoms with E-state index >= 15 is 0 Å². The molecule has 0 aliphatic carbocycles. The minimum atomic E-state index is 0.147. The molecule has 156 valence electrons. The van der Waals surface area contributed by atoms with Crippen LogP contribution >= 0.6 is 0 Å². The van der Waals surface area contributed by atoms with Crippen LogP contribution in [0, 0.1) is 5.41 Å². The van der Waals surface area contributed by atoms with Gasteiger partial charge < -0.3 is 0 Å². The standard InChI is InChI=1S/C28H39N/c1-10-28(8,9)27(7)18-17-24(4)15-12-16-26(6)20-22-29-21-19-25(5)14-11-13-23(2)3/h11-22H,5,7,10H2,1-4,6,8-9H3/b14-11+,16-12+,18-17+,21-19-,24-15+,26-20+,29-22+. The Labute approximate surface area is 179 Å². The molecule has 0 amide bonds. The van der Waals surface area contributed by atoms with Crippen LogP contribution in [-0.2, 0) is 0 Å². The van der Waals surface area contributed by atoms with Gasteiger partial charge in [0.25, 0.3) is 0 Å². The van der Waals surface area contributed by atoms with Crippen molar-refractivity contribution < 1.29 is 0 Å². The first-order valence-corrected chi connectivity index (χ1v) is 10.2. The minimum absolute atomic E-state index is 0.147. The van der Waals surface area contributed by atoms with E-state index in [4.69, 9.17) is 0 Å². The van der Waals surface area contributed by atoms with Gasteiger partial charge in [0.05, 0.1) is 0 Å². The zero-order valence-corrected chi connectivity index (χ0v) is 19.5. The highest BCUT2D eigenvalue weighted by atomic mass is 14.7. The molecule has 0 radical (unpaired) electrons. The Kier molecular flexibility index (Phi) is 13.0. The predicted octanol–water partition coefficient (Wildman–Crippen LogP) is 8.65. The van der Waals surface area contributed by atoms with Crippen LogP contribution in [0.25, 0.3) is 0 Å². The summed E-state index contributed by atoms with van der Waals surface area (Å²) in [5, 5.41) is 0. The zero-order chi connectivity index (χ0) is 22.3. The van der Waals surface area contributed by atoms with Crippen molar-refractivity contribution in [2.24, 2.45) is 10.4 Å². The van der Waals surface area contributed by atoms with E-state index in [-0.39, 0.29) is 5.41 Å². The molecule has 29 heavy (non-hydrogen) atoms. The minimum Gasteiger partial charge on any atom is -0.265 e. The molecule has 0 aromatic heterocycles. The van der Waals surface area contributed by atoms with Gasteiger partial charge in [-0.25, -0.2) is 0 Å². The summed E-state index contributed by atoms with van der Waals surface area (Å²) in [7, 11) is 0. The highest BCUT2D eigenvalue weighted by molar-refractivity contribution is 5.73. The molecule has 0 N–H and O–H groups in total. The van der Waals surface area contributed by atoms with Gasteiger partial charge in [-0.1, -0.05) is 93.7 Å². The van der Waals surface area contributed by atoms with Gasteiger partial charge in [0.2, 0.25) is 0 Å². The van der Waals surface area contributed by atoms with Crippen LogP contribution in [0.2, 0.25) is 0 Å². The van der Waals surface area contributed by atoms with Crippen LogP contribution < -0.4 is 0 Å². The smallest absolute Gasteiger partial charge is 0.0273 e. The number of rotatable bonds is 11.